The van der Waals surface area contributed by atoms with Gasteiger partial charge in [0.2, 0.25) is 0 Å². The molecule has 1 heterocycles. The van der Waals surface area contributed by atoms with Gasteiger partial charge in [0.15, 0.2) is 0 Å². The molecule has 3 aromatic rings. The Morgan fingerprint density at radius 3 is 2.45 bits per heavy atom. The fourth-order valence-electron chi connectivity index (χ4n) is 3.94. The van der Waals surface area contributed by atoms with E-state index in [2.05, 4.69) is 47.0 Å². The standard InChI is InChI=1S/C25H28N2O2/c1-28-24-15-14-22(29-21-11-6-3-7-12-21)17-20(24)18-27-23-13-8-16-26-25(23)19-9-4-2-5-10-19/h2-7,9-12,14-15,17,23,25-27H,8,13,16,18H2,1H3. The predicted octanol–water partition coefficient (Wildman–Crippen LogP) is 5.07. The molecule has 150 valence electrons. The predicted molar refractivity (Wildman–Crippen MR) is 117 cm³/mol. The van der Waals surface area contributed by atoms with Crippen molar-refractivity contribution in [2.45, 2.75) is 31.5 Å². The van der Waals surface area contributed by atoms with Crippen molar-refractivity contribution in [1.29, 1.82) is 0 Å². The Kier molecular flexibility index (Phi) is 6.45. The Bertz CT molecular complexity index is 899. The first kappa shape index (κ1) is 19.5. The van der Waals surface area contributed by atoms with Gasteiger partial charge in [-0.2, -0.15) is 0 Å². The maximum Gasteiger partial charge on any atom is 0.128 e. The van der Waals surface area contributed by atoms with Gasteiger partial charge in [-0.1, -0.05) is 48.5 Å². The summed E-state index contributed by atoms with van der Waals surface area (Å²) in [5.41, 5.74) is 2.43. The molecule has 2 N–H and O–H groups in total. The summed E-state index contributed by atoms with van der Waals surface area (Å²) in [6.45, 7) is 1.78. The summed E-state index contributed by atoms with van der Waals surface area (Å²) in [5, 5.41) is 7.43. The van der Waals surface area contributed by atoms with Gasteiger partial charge in [0.25, 0.3) is 0 Å². The smallest absolute Gasteiger partial charge is 0.128 e. The lowest BCUT2D eigenvalue weighted by Gasteiger charge is -2.34. The minimum absolute atomic E-state index is 0.319. The van der Waals surface area contributed by atoms with Gasteiger partial charge in [-0.15, -0.1) is 0 Å². The second kappa shape index (κ2) is 9.59. The highest BCUT2D eigenvalue weighted by molar-refractivity contribution is 5.42. The van der Waals surface area contributed by atoms with E-state index in [4.69, 9.17) is 9.47 Å². The average molecular weight is 389 g/mol. The van der Waals surface area contributed by atoms with E-state index in [0.29, 0.717) is 12.1 Å². The lowest BCUT2D eigenvalue weighted by Crippen LogP contribution is -2.45. The summed E-state index contributed by atoms with van der Waals surface area (Å²) in [6.07, 6.45) is 2.32. The normalized spacial score (nSPS) is 18.9. The molecule has 1 aliphatic heterocycles. The Labute approximate surface area is 172 Å². The lowest BCUT2D eigenvalue weighted by molar-refractivity contribution is 0.302. The van der Waals surface area contributed by atoms with Crippen molar-refractivity contribution in [2.75, 3.05) is 13.7 Å². The van der Waals surface area contributed by atoms with Gasteiger partial charge in [0.1, 0.15) is 17.2 Å². The molecule has 1 saturated heterocycles. The molecular formula is C25H28N2O2. The SMILES string of the molecule is COc1ccc(Oc2ccccc2)cc1CNC1CCCNC1c1ccccc1. The molecule has 0 radical (unpaired) electrons. The van der Waals surface area contributed by atoms with E-state index in [1.165, 1.54) is 12.0 Å². The first-order valence-corrected chi connectivity index (χ1v) is 10.2. The van der Waals surface area contributed by atoms with Crippen molar-refractivity contribution in [1.82, 2.24) is 10.6 Å². The zero-order valence-corrected chi connectivity index (χ0v) is 16.8. The molecule has 2 unspecified atom stereocenters. The average Bonchev–Trinajstić information content (AvgIpc) is 2.79. The summed E-state index contributed by atoms with van der Waals surface area (Å²) in [4.78, 5) is 0. The largest absolute Gasteiger partial charge is 0.496 e. The maximum atomic E-state index is 6.01. The van der Waals surface area contributed by atoms with E-state index < -0.39 is 0 Å². The molecule has 3 aromatic carbocycles. The van der Waals surface area contributed by atoms with Gasteiger partial charge < -0.3 is 20.1 Å². The Morgan fingerprint density at radius 2 is 1.69 bits per heavy atom. The molecule has 0 aromatic heterocycles. The van der Waals surface area contributed by atoms with Crippen LogP contribution in [0.1, 0.15) is 30.0 Å². The van der Waals surface area contributed by atoms with Crippen molar-refractivity contribution >= 4 is 0 Å². The minimum atomic E-state index is 0.319. The topological polar surface area (TPSA) is 42.5 Å². The van der Waals surface area contributed by atoms with E-state index in [0.717, 1.165) is 42.3 Å². The molecule has 0 aliphatic carbocycles. The number of methoxy groups -OCH3 is 1. The molecule has 0 spiro atoms. The first-order chi connectivity index (χ1) is 14.3. The summed E-state index contributed by atoms with van der Waals surface area (Å²) in [6, 6.07) is 27.2. The van der Waals surface area contributed by atoms with Gasteiger partial charge in [0, 0.05) is 24.2 Å². The van der Waals surface area contributed by atoms with Crippen LogP contribution in [0.15, 0.2) is 78.9 Å². The Hall–Kier alpha value is -2.82. The van der Waals surface area contributed by atoms with Crippen LogP contribution in [0.5, 0.6) is 17.2 Å². The summed E-state index contributed by atoms with van der Waals surface area (Å²) < 4.78 is 11.6. The van der Waals surface area contributed by atoms with Gasteiger partial charge in [-0.3, -0.25) is 0 Å². The Morgan fingerprint density at radius 1 is 0.931 bits per heavy atom. The molecular weight excluding hydrogens is 360 g/mol. The number of ether oxygens (including phenoxy) is 2. The van der Waals surface area contributed by atoms with Crippen LogP contribution < -0.4 is 20.1 Å². The molecule has 1 fully saturated rings. The molecule has 1 aliphatic rings. The van der Waals surface area contributed by atoms with Crippen LogP contribution in [0.4, 0.5) is 0 Å². The first-order valence-electron chi connectivity index (χ1n) is 10.2. The number of rotatable bonds is 7. The summed E-state index contributed by atoms with van der Waals surface area (Å²) >= 11 is 0. The van der Waals surface area contributed by atoms with E-state index in [9.17, 15) is 0 Å². The third kappa shape index (κ3) is 4.97. The van der Waals surface area contributed by atoms with Crippen LogP contribution in [-0.2, 0) is 6.54 Å². The van der Waals surface area contributed by atoms with Gasteiger partial charge in [-0.25, -0.2) is 0 Å². The highest BCUT2D eigenvalue weighted by Gasteiger charge is 2.25. The number of para-hydroxylation sites is 1. The highest BCUT2D eigenvalue weighted by Crippen LogP contribution is 2.29. The van der Waals surface area contributed by atoms with E-state index in [-0.39, 0.29) is 0 Å². The Balaban J connectivity index is 1.48. The molecule has 4 heteroatoms. The van der Waals surface area contributed by atoms with Crippen LogP contribution >= 0.6 is 0 Å². The van der Waals surface area contributed by atoms with Crippen LogP contribution in [-0.4, -0.2) is 19.7 Å². The van der Waals surface area contributed by atoms with Gasteiger partial charge in [0.05, 0.1) is 7.11 Å². The second-order valence-electron chi connectivity index (χ2n) is 7.36. The molecule has 4 nitrogen and oxygen atoms in total. The second-order valence-corrected chi connectivity index (χ2v) is 7.36. The van der Waals surface area contributed by atoms with Crippen LogP contribution in [0.3, 0.4) is 0 Å². The zero-order chi connectivity index (χ0) is 19.9. The summed E-state index contributed by atoms with van der Waals surface area (Å²) in [7, 11) is 1.71. The molecule has 29 heavy (non-hydrogen) atoms. The monoisotopic (exact) mass is 388 g/mol. The van der Waals surface area contributed by atoms with Crippen LogP contribution in [0.25, 0.3) is 0 Å². The molecule has 0 bridgehead atoms. The number of piperidine rings is 1. The van der Waals surface area contributed by atoms with Crippen molar-refractivity contribution in [3.05, 3.63) is 90.0 Å². The molecule has 2 atom stereocenters. The third-order valence-corrected chi connectivity index (χ3v) is 5.40. The number of benzene rings is 3. The van der Waals surface area contributed by atoms with Crippen molar-refractivity contribution in [2.24, 2.45) is 0 Å². The maximum absolute atomic E-state index is 6.01. The zero-order valence-electron chi connectivity index (χ0n) is 16.8. The van der Waals surface area contributed by atoms with Crippen molar-refractivity contribution in [3.63, 3.8) is 0 Å². The van der Waals surface area contributed by atoms with E-state index in [1.807, 2.05) is 42.5 Å². The van der Waals surface area contributed by atoms with Crippen LogP contribution in [0, 0.1) is 0 Å². The number of hydrogen-bond donors (Lipinski definition) is 2. The molecule has 0 saturated carbocycles. The van der Waals surface area contributed by atoms with Gasteiger partial charge >= 0.3 is 0 Å². The lowest BCUT2D eigenvalue weighted by atomic mass is 9.92. The van der Waals surface area contributed by atoms with Crippen molar-refractivity contribution < 1.29 is 9.47 Å². The van der Waals surface area contributed by atoms with E-state index >= 15 is 0 Å². The summed E-state index contributed by atoms with van der Waals surface area (Å²) in [5.74, 6) is 2.52. The van der Waals surface area contributed by atoms with Crippen molar-refractivity contribution in [3.8, 4) is 17.2 Å². The van der Waals surface area contributed by atoms with Crippen LogP contribution in [0.2, 0.25) is 0 Å². The van der Waals surface area contributed by atoms with Gasteiger partial charge in [-0.05, 0) is 55.3 Å². The third-order valence-electron chi connectivity index (χ3n) is 5.40. The highest BCUT2D eigenvalue weighted by atomic mass is 16.5. The molecule has 0 amide bonds. The number of nitrogens with one attached hydrogen (secondary N) is 2. The molecule has 4 rings (SSSR count). The quantitative estimate of drug-likeness (QED) is 0.593. The number of hydrogen-bond acceptors (Lipinski definition) is 4. The van der Waals surface area contributed by atoms with E-state index in [1.54, 1.807) is 7.11 Å². The minimum Gasteiger partial charge on any atom is -0.496 e. The fourth-order valence-corrected chi connectivity index (χ4v) is 3.94. The fraction of sp³-hybridized carbons (Fsp3) is 0.280.